The summed E-state index contributed by atoms with van der Waals surface area (Å²) >= 11 is 0. The third kappa shape index (κ3) is 4.46. The summed E-state index contributed by atoms with van der Waals surface area (Å²) in [5.41, 5.74) is 1.41. The molecule has 1 aromatic heterocycles. The highest BCUT2D eigenvalue weighted by atomic mass is 19.1. The predicted molar refractivity (Wildman–Crippen MR) is 93.1 cm³/mol. The Bertz CT molecular complexity index is 867. The van der Waals surface area contributed by atoms with E-state index in [0.29, 0.717) is 11.3 Å². The first kappa shape index (κ1) is 17.6. The molecule has 0 aliphatic rings. The highest BCUT2D eigenvalue weighted by Crippen LogP contribution is 2.17. The van der Waals surface area contributed by atoms with E-state index in [9.17, 15) is 14.3 Å². The Labute approximate surface area is 149 Å². The summed E-state index contributed by atoms with van der Waals surface area (Å²) in [4.78, 5) is 12.1. The van der Waals surface area contributed by atoms with E-state index >= 15 is 0 Å². The SMILES string of the molecule is O=C(NC[C@@H](O)c1ccccc1)c1cc(COc2ccccc2F)[nH]n1. The summed E-state index contributed by atoms with van der Waals surface area (Å²) in [5, 5.41) is 19.3. The second-order valence-electron chi connectivity index (χ2n) is 5.63. The van der Waals surface area contributed by atoms with Gasteiger partial charge in [0.15, 0.2) is 11.6 Å². The first-order valence-corrected chi connectivity index (χ1v) is 8.06. The molecule has 0 spiro atoms. The van der Waals surface area contributed by atoms with Crippen molar-refractivity contribution >= 4 is 5.91 Å². The minimum absolute atomic E-state index is 0.0495. The standard InChI is InChI=1S/C19H18FN3O3/c20-15-8-4-5-9-18(15)26-12-14-10-16(23-22-14)19(25)21-11-17(24)13-6-2-1-3-7-13/h1-10,17,24H,11-12H2,(H,21,25)(H,22,23)/t17-/m1/s1. The number of carbonyl (C=O) groups excluding carboxylic acids is 1. The van der Waals surface area contributed by atoms with Gasteiger partial charge in [-0.05, 0) is 23.8 Å². The van der Waals surface area contributed by atoms with E-state index in [-0.39, 0.29) is 24.6 Å². The van der Waals surface area contributed by atoms with Crippen LogP contribution in [-0.2, 0) is 6.61 Å². The quantitative estimate of drug-likeness (QED) is 0.608. The number of aromatic amines is 1. The van der Waals surface area contributed by atoms with E-state index < -0.39 is 17.8 Å². The number of hydrogen-bond donors (Lipinski definition) is 3. The summed E-state index contributed by atoms with van der Waals surface area (Å²) in [7, 11) is 0. The summed E-state index contributed by atoms with van der Waals surface area (Å²) in [5.74, 6) is -0.757. The van der Waals surface area contributed by atoms with Gasteiger partial charge in [-0.1, -0.05) is 42.5 Å². The number of aromatic nitrogens is 2. The van der Waals surface area contributed by atoms with Crippen LogP contribution in [0.5, 0.6) is 5.75 Å². The summed E-state index contributed by atoms with van der Waals surface area (Å²) in [6.07, 6.45) is -0.803. The maximum absolute atomic E-state index is 13.5. The lowest BCUT2D eigenvalue weighted by molar-refractivity contribution is 0.0911. The van der Waals surface area contributed by atoms with Crippen LogP contribution in [0.4, 0.5) is 4.39 Å². The van der Waals surface area contributed by atoms with Gasteiger partial charge in [0.05, 0.1) is 11.8 Å². The van der Waals surface area contributed by atoms with Crippen molar-refractivity contribution in [3.8, 4) is 5.75 Å². The molecular formula is C19H18FN3O3. The van der Waals surface area contributed by atoms with E-state index in [1.807, 2.05) is 18.2 Å². The first-order chi connectivity index (χ1) is 12.6. The molecule has 0 aliphatic heterocycles. The molecule has 3 rings (SSSR count). The third-order valence-electron chi connectivity index (χ3n) is 3.72. The van der Waals surface area contributed by atoms with E-state index in [2.05, 4.69) is 15.5 Å². The van der Waals surface area contributed by atoms with Crippen molar-refractivity contribution in [1.82, 2.24) is 15.5 Å². The molecule has 26 heavy (non-hydrogen) atoms. The molecule has 2 aromatic carbocycles. The van der Waals surface area contributed by atoms with Crippen LogP contribution in [0.15, 0.2) is 60.7 Å². The molecule has 7 heteroatoms. The van der Waals surface area contributed by atoms with Crippen LogP contribution < -0.4 is 10.1 Å². The molecule has 0 radical (unpaired) electrons. The minimum atomic E-state index is -0.803. The van der Waals surface area contributed by atoms with Crippen LogP contribution in [0.3, 0.4) is 0 Å². The number of halogens is 1. The molecule has 1 heterocycles. The molecule has 0 saturated heterocycles. The molecule has 0 fully saturated rings. The van der Waals surface area contributed by atoms with Gasteiger partial charge in [0.2, 0.25) is 0 Å². The number of nitrogens with zero attached hydrogens (tertiary/aromatic N) is 1. The highest BCUT2D eigenvalue weighted by Gasteiger charge is 2.14. The van der Waals surface area contributed by atoms with Crippen molar-refractivity contribution in [3.63, 3.8) is 0 Å². The number of hydrogen-bond acceptors (Lipinski definition) is 4. The molecule has 0 aliphatic carbocycles. The number of para-hydroxylation sites is 1. The Morgan fingerprint density at radius 2 is 1.92 bits per heavy atom. The monoisotopic (exact) mass is 355 g/mol. The maximum Gasteiger partial charge on any atom is 0.271 e. The number of carbonyl (C=O) groups is 1. The lowest BCUT2D eigenvalue weighted by Crippen LogP contribution is -2.28. The van der Waals surface area contributed by atoms with Crippen LogP contribution in [0.2, 0.25) is 0 Å². The normalized spacial score (nSPS) is 11.8. The number of benzene rings is 2. The number of H-pyrrole nitrogens is 1. The zero-order valence-electron chi connectivity index (χ0n) is 13.9. The van der Waals surface area contributed by atoms with E-state index in [1.54, 1.807) is 24.3 Å². The van der Waals surface area contributed by atoms with E-state index in [0.717, 1.165) is 0 Å². The number of aliphatic hydroxyl groups excluding tert-OH is 1. The van der Waals surface area contributed by atoms with Crippen molar-refractivity contribution in [2.24, 2.45) is 0 Å². The summed E-state index contributed by atoms with van der Waals surface area (Å²) < 4.78 is 18.9. The van der Waals surface area contributed by atoms with Crippen molar-refractivity contribution < 1.29 is 19.0 Å². The van der Waals surface area contributed by atoms with Crippen molar-refractivity contribution in [3.05, 3.63) is 83.4 Å². The van der Waals surface area contributed by atoms with Gasteiger partial charge in [-0.3, -0.25) is 9.89 Å². The molecule has 0 bridgehead atoms. The molecule has 0 unspecified atom stereocenters. The molecule has 0 saturated carbocycles. The van der Waals surface area contributed by atoms with Crippen LogP contribution in [-0.4, -0.2) is 27.8 Å². The highest BCUT2D eigenvalue weighted by molar-refractivity contribution is 5.92. The van der Waals surface area contributed by atoms with E-state index in [4.69, 9.17) is 4.74 Å². The maximum atomic E-state index is 13.5. The first-order valence-electron chi connectivity index (χ1n) is 8.06. The van der Waals surface area contributed by atoms with Gasteiger partial charge < -0.3 is 15.2 Å². The smallest absolute Gasteiger partial charge is 0.271 e. The third-order valence-corrected chi connectivity index (χ3v) is 3.72. The van der Waals surface area contributed by atoms with Gasteiger partial charge in [-0.15, -0.1) is 0 Å². The van der Waals surface area contributed by atoms with Crippen LogP contribution in [0, 0.1) is 5.82 Å². The van der Waals surface area contributed by atoms with E-state index in [1.165, 1.54) is 18.2 Å². The average Bonchev–Trinajstić information content (AvgIpc) is 3.15. The Hall–Kier alpha value is -3.19. The number of rotatable bonds is 7. The molecular weight excluding hydrogens is 337 g/mol. The fourth-order valence-electron chi connectivity index (χ4n) is 2.34. The van der Waals surface area contributed by atoms with Crippen molar-refractivity contribution in [2.75, 3.05) is 6.54 Å². The molecule has 1 atom stereocenters. The lowest BCUT2D eigenvalue weighted by atomic mass is 10.1. The Morgan fingerprint density at radius 1 is 1.19 bits per heavy atom. The molecule has 3 aromatic rings. The van der Waals surface area contributed by atoms with Crippen LogP contribution in [0.25, 0.3) is 0 Å². The fraction of sp³-hybridized carbons (Fsp3) is 0.158. The van der Waals surface area contributed by atoms with Gasteiger partial charge in [-0.25, -0.2) is 4.39 Å². The van der Waals surface area contributed by atoms with Crippen LogP contribution in [0.1, 0.15) is 27.8 Å². The minimum Gasteiger partial charge on any atom is -0.484 e. The second-order valence-corrected chi connectivity index (χ2v) is 5.63. The number of ether oxygens (including phenoxy) is 1. The van der Waals surface area contributed by atoms with Crippen molar-refractivity contribution in [1.29, 1.82) is 0 Å². The zero-order valence-corrected chi connectivity index (χ0v) is 13.9. The predicted octanol–water partition coefficient (Wildman–Crippen LogP) is 2.59. The molecule has 134 valence electrons. The zero-order chi connectivity index (χ0) is 18.4. The Balaban J connectivity index is 1.52. The fourth-order valence-corrected chi connectivity index (χ4v) is 2.34. The van der Waals surface area contributed by atoms with Gasteiger partial charge in [0.25, 0.3) is 5.91 Å². The average molecular weight is 355 g/mol. The van der Waals surface area contributed by atoms with Gasteiger partial charge in [-0.2, -0.15) is 5.10 Å². The number of nitrogens with one attached hydrogen (secondary N) is 2. The lowest BCUT2D eigenvalue weighted by Gasteiger charge is -2.11. The van der Waals surface area contributed by atoms with Gasteiger partial charge >= 0.3 is 0 Å². The second kappa shape index (κ2) is 8.26. The summed E-state index contributed by atoms with van der Waals surface area (Å²) in [6, 6.07) is 16.6. The molecule has 3 N–H and O–H groups in total. The molecule has 1 amide bonds. The number of amides is 1. The van der Waals surface area contributed by atoms with Crippen molar-refractivity contribution in [2.45, 2.75) is 12.7 Å². The molecule has 6 nitrogen and oxygen atoms in total. The largest absolute Gasteiger partial charge is 0.484 e. The van der Waals surface area contributed by atoms with Gasteiger partial charge in [0.1, 0.15) is 12.3 Å². The Kier molecular flexibility index (Phi) is 5.60. The summed E-state index contributed by atoms with van der Waals surface area (Å²) in [6.45, 7) is 0.116. The van der Waals surface area contributed by atoms with Gasteiger partial charge in [0, 0.05) is 6.54 Å². The number of aliphatic hydroxyl groups is 1. The van der Waals surface area contributed by atoms with Crippen LogP contribution >= 0.6 is 0 Å². The Morgan fingerprint density at radius 3 is 2.69 bits per heavy atom. The topological polar surface area (TPSA) is 87.2 Å².